The van der Waals surface area contributed by atoms with E-state index in [0.29, 0.717) is 0 Å². The zero-order valence-electron chi connectivity index (χ0n) is 14.5. The number of hydrogen-bond donors (Lipinski definition) is 0. The van der Waals surface area contributed by atoms with Gasteiger partial charge in [0.15, 0.2) is 0 Å². The van der Waals surface area contributed by atoms with E-state index in [-0.39, 0.29) is 19.4 Å². The van der Waals surface area contributed by atoms with Gasteiger partial charge in [0.1, 0.15) is 12.2 Å². The molecule has 6 heteroatoms. The maximum absolute atomic E-state index is 11.9. The van der Waals surface area contributed by atoms with Gasteiger partial charge in [-0.15, -0.1) is 0 Å². The Labute approximate surface area is 142 Å². The van der Waals surface area contributed by atoms with Gasteiger partial charge in [-0.1, -0.05) is 30.3 Å². The smallest absolute Gasteiger partial charge is 0.309 e. The minimum atomic E-state index is -0.923. The fourth-order valence-electron chi connectivity index (χ4n) is 1.99. The number of hydrogen-bond acceptors (Lipinski definition) is 6. The van der Waals surface area contributed by atoms with Crippen LogP contribution in [0.3, 0.4) is 0 Å². The predicted molar refractivity (Wildman–Crippen MR) is 86.8 cm³/mol. The minimum absolute atomic E-state index is 0.111. The molecule has 0 aliphatic heterocycles. The van der Waals surface area contributed by atoms with Gasteiger partial charge in [-0.25, -0.2) is 0 Å². The highest BCUT2D eigenvalue weighted by atomic mass is 16.6. The quantitative estimate of drug-likeness (QED) is 0.562. The summed E-state index contributed by atoms with van der Waals surface area (Å²) in [6.45, 7) is 5.30. The van der Waals surface area contributed by atoms with Gasteiger partial charge >= 0.3 is 17.9 Å². The highest BCUT2D eigenvalue weighted by Crippen LogP contribution is 2.17. The van der Waals surface area contributed by atoms with Gasteiger partial charge in [-0.2, -0.15) is 0 Å². The second-order valence-corrected chi connectivity index (χ2v) is 6.36. The van der Waals surface area contributed by atoms with Crippen LogP contribution in [0.5, 0.6) is 0 Å². The van der Waals surface area contributed by atoms with Gasteiger partial charge in [-0.3, -0.25) is 14.4 Å². The van der Waals surface area contributed by atoms with Crippen molar-refractivity contribution in [3.8, 4) is 0 Å². The zero-order chi connectivity index (χ0) is 18.2. The summed E-state index contributed by atoms with van der Waals surface area (Å²) in [5.41, 5.74) is 0.179. The average Bonchev–Trinajstić information content (AvgIpc) is 2.50. The number of benzene rings is 1. The number of esters is 3. The monoisotopic (exact) mass is 336 g/mol. The van der Waals surface area contributed by atoms with Crippen molar-refractivity contribution >= 4 is 17.9 Å². The molecule has 0 radical (unpaired) electrons. The maximum atomic E-state index is 11.9. The van der Waals surface area contributed by atoms with Gasteiger partial charge < -0.3 is 14.2 Å². The second-order valence-electron chi connectivity index (χ2n) is 6.36. The van der Waals surface area contributed by atoms with Crippen LogP contribution in [0.25, 0.3) is 0 Å². The Hall–Kier alpha value is -2.37. The molecule has 24 heavy (non-hydrogen) atoms. The molecule has 1 atom stereocenters. The second kappa shape index (κ2) is 9.05. The van der Waals surface area contributed by atoms with E-state index in [1.54, 1.807) is 20.8 Å². The van der Waals surface area contributed by atoms with E-state index in [4.69, 9.17) is 9.47 Å². The van der Waals surface area contributed by atoms with Crippen molar-refractivity contribution in [3.05, 3.63) is 35.9 Å². The molecule has 1 unspecified atom stereocenters. The van der Waals surface area contributed by atoms with Crippen molar-refractivity contribution in [1.29, 1.82) is 0 Å². The van der Waals surface area contributed by atoms with Crippen LogP contribution in [-0.2, 0) is 35.2 Å². The van der Waals surface area contributed by atoms with Crippen LogP contribution in [0.4, 0.5) is 0 Å². The van der Waals surface area contributed by atoms with Crippen molar-refractivity contribution in [3.63, 3.8) is 0 Å². The molecule has 0 saturated heterocycles. The molecular formula is C18H24O6. The lowest BCUT2D eigenvalue weighted by Gasteiger charge is -2.21. The van der Waals surface area contributed by atoms with Crippen molar-refractivity contribution in [2.24, 2.45) is 5.92 Å². The summed E-state index contributed by atoms with van der Waals surface area (Å²) in [5, 5.41) is 0. The van der Waals surface area contributed by atoms with E-state index in [0.717, 1.165) is 5.56 Å². The van der Waals surface area contributed by atoms with Crippen LogP contribution < -0.4 is 0 Å². The third-order valence-electron chi connectivity index (χ3n) is 3.02. The summed E-state index contributed by atoms with van der Waals surface area (Å²) in [4.78, 5) is 35.6. The predicted octanol–water partition coefficient (Wildman–Crippen LogP) is 2.64. The van der Waals surface area contributed by atoms with E-state index in [9.17, 15) is 14.4 Å². The molecule has 132 valence electrons. The van der Waals surface area contributed by atoms with Crippen LogP contribution in [0.1, 0.15) is 39.2 Å². The molecular weight excluding hydrogens is 312 g/mol. The molecule has 0 bridgehead atoms. The van der Waals surface area contributed by atoms with Crippen molar-refractivity contribution in [1.82, 2.24) is 0 Å². The van der Waals surface area contributed by atoms with E-state index >= 15 is 0 Å². The van der Waals surface area contributed by atoms with Crippen LogP contribution >= 0.6 is 0 Å². The molecule has 0 aliphatic rings. The largest absolute Gasteiger partial charge is 0.469 e. The molecule has 0 fully saturated rings. The standard InChI is InChI=1S/C18H24O6/c1-18(2,3)24-16(20)11-14(17(21)22-4)10-15(19)23-12-13-8-6-5-7-9-13/h5-9,14H,10-12H2,1-4H3. The number of carbonyl (C=O) groups excluding carboxylic acids is 3. The fourth-order valence-corrected chi connectivity index (χ4v) is 1.99. The van der Waals surface area contributed by atoms with E-state index in [1.807, 2.05) is 30.3 Å². The van der Waals surface area contributed by atoms with Gasteiger partial charge in [-0.05, 0) is 26.3 Å². The number of rotatable bonds is 7. The number of ether oxygens (including phenoxy) is 3. The Morgan fingerprint density at radius 3 is 2.12 bits per heavy atom. The van der Waals surface area contributed by atoms with Crippen LogP contribution in [0.15, 0.2) is 30.3 Å². The Balaban J connectivity index is 2.57. The molecule has 1 aromatic carbocycles. The van der Waals surface area contributed by atoms with Gasteiger partial charge in [0.05, 0.1) is 25.9 Å². The Bertz CT molecular complexity index is 559. The Morgan fingerprint density at radius 1 is 1.00 bits per heavy atom. The Kier molecular flexibility index (Phi) is 7.42. The minimum Gasteiger partial charge on any atom is -0.469 e. The normalized spacial score (nSPS) is 12.2. The lowest BCUT2D eigenvalue weighted by atomic mass is 10.0. The maximum Gasteiger partial charge on any atom is 0.309 e. The van der Waals surface area contributed by atoms with E-state index in [1.165, 1.54) is 7.11 Å². The molecule has 0 aliphatic carbocycles. The third kappa shape index (κ3) is 7.76. The number of carbonyl (C=O) groups is 3. The van der Waals surface area contributed by atoms with Crippen LogP contribution in [-0.4, -0.2) is 30.6 Å². The average molecular weight is 336 g/mol. The summed E-state index contributed by atoms with van der Waals surface area (Å²) >= 11 is 0. The van der Waals surface area contributed by atoms with Crippen LogP contribution in [0.2, 0.25) is 0 Å². The molecule has 0 heterocycles. The topological polar surface area (TPSA) is 78.9 Å². The van der Waals surface area contributed by atoms with Gasteiger partial charge in [0.2, 0.25) is 0 Å². The molecule has 0 N–H and O–H groups in total. The SMILES string of the molecule is COC(=O)C(CC(=O)OCc1ccccc1)CC(=O)OC(C)(C)C. The molecule has 0 aromatic heterocycles. The summed E-state index contributed by atoms with van der Waals surface area (Å²) in [6.07, 6.45) is -0.469. The highest BCUT2D eigenvalue weighted by molar-refractivity contribution is 5.84. The van der Waals surface area contributed by atoms with Crippen molar-refractivity contribution in [2.75, 3.05) is 7.11 Å². The van der Waals surface area contributed by atoms with Gasteiger partial charge in [0, 0.05) is 0 Å². The van der Waals surface area contributed by atoms with E-state index < -0.39 is 29.4 Å². The molecule has 0 amide bonds. The van der Waals surface area contributed by atoms with Crippen molar-refractivity contribution < 1.29 is 28.6 Å². The zero-order valence-corrected chi connectivity index (χ0v) is 14.5. The number of methoxy groups -OCH3 is 1. The molecule has 0 saturated carbocycles. The summed E-state index contributed by atoms with van der Waals surface area (Å²) < 4.78 is 15.0. The summed E-state index contributed by atoms with van der Waals surface area (Å²) in [5.74, 6) is -2.70. The first-order chi connectivity index (χ1) is 11.2. The van der Waals surface area contributed by atoms with E-state index in [2.05, 4.69) is 4.74 Å². The summed E-state index contributed by atoms with van der Waals surface area (Å²) in [7, 11) is 1.21. The van der Waals surface area contributed by atoms with Crippen molar-refractivity contribution in [2.45, 2.75) is 45.8 Å². The van der Waals surface area contributed by atoms with Gasteiger partial charge in [0.25, 0.3) is 0 Å². The lowest BCUT2D eigenvalue weighted by Crippen LogP contribution is -2.29. The Morgan fingerprint density at radius 2 is 1.58 bits per heavy atom. The lowest BCUT2D eigenvalue weighted by molar-refractivity contribution is -0.162. The molecule has 6 nitrogen and oxygen atoms in total. The molecule has 0 spiro atoms. The summed E-state index contributed by atoms with van der Waals surface area (Å²) in [6, 6.07) is 9.18. The highest BCUT2D eigenvalue weighted by Gasteiger charge is 2.28. The van der Waals surface area contributed by atoms with Crippen LogP contribution in [0, 0.1) is 5.92 Å². The molecule has 1 rings (SSSR count). The first kappa shape index (κ1) is 19.7. The third-order valence-corrected chi connectivity index (χ3v) is 3.02. The first-order valence-corrected chi connectivity index (χ1v) is 7.70. The fraction of sp³-hybridized carbons (Fsp3) is 0.500. The molecule has 1 aromatic rings. The first-order valence-electron chi connectivity index (χ1n) is 7.70.